The normalized spacial score (nSPS) is 21.8. The van der Waals surface area contributed by atoms with Crippen molar-refractivity contribution in [1.29, 1.82) is 0 Å². The van der Waals surface area contributed by atoms with E-state index in [1.807, 2.05) is 37.2 Å². The molecule has 2 spiro atoms. The molecule has 1 aliphatic heterocycles. The molecule has 7 rings (SSSR count). The van der Waals surface area contributed by atoms with E-state index in [0.29, 0.717) is 11.1 Å². The fraction of sp³-hybridized carbons (Fsp3) is 0.176. The van der Waals surface area contributed by atoms with E-state index in [2.05, 4.69) is 0 Å². The summed E-state index contributed by atoms with van der Waals surface area (Å²) in [6.07, 6.45) is -1.16. The van der Waals surface area contributed by atoms with Crippen molar-refractivity contribution in [2.45, 2.75) is 17.6 Å². The minimum absolute atomic E-state index is 0.238. The first-order chi connectivity index (χ1) is 19.3. The fourth-order valence-electron chi connectivity index (χ4n) is 6.92. The third-order valence-electron chi connectivity index (χ3n) is 8.68. The van der Waals surface area contributed by atoms with Gasteiger partial charge in [0.1, 0.15) is 11.5 Å². The van der Waals surface area contributed by atoms with Crippen molar-refractivity contribution in [2.24, 2.45) is 5.41 Å². The Bertz CT molecular complexity index is 1670. The van der Waals surface area contributed by atoms with Crippen LogP contribution >= 0.6 is 0 Å². The summed E-state index contributed by atoms with van der Waals surface area (Å²) in [6.45, 7) is 0. The summed E-state index contributed by atoms with van der Waals surface area (Å²) in [4.78, 5) is 60.1. The van der Waals surface area contributed by atoms with Crippen molar-refractivity contribution in [2.75, 3.05) is 19.0 Å². The molecule has 3 aliphatic rings. The van der Waals surface area contributed by atoms with Crippen LogP contribution in [0.25, 0.3) is 0 Å². The molecule has 1 fully saturated rings. The van der Waals surface area contributed by atoms with Gasteiger partial charge in [0.25, 0.3) is 0 Å². The van der Waals surface area contributed by atoms with Crippen molar-refractivity contribution in [3.05, 3.63) is 137 Å². The molecule has 196 valence electrons. The van der Waals surface area contributed by atoms with Gasteiger partial charge in [0.15, 0.2) is 11.6 Å². The first-order valence-electron chi connectivity index (χ1n) is 13.2. The Morgan fingerprint density at radius 3 is 1.48 bits per heavy atom. The Kier molecular flexibility index (Phi) is 5.12. The maximum absolute atomic E-state index is 14.7. The van der Waals surface area contributed by atoms with Gasteiger partial charge < -0.3 is 9.64 Å². The van der Waals surface area contributed by atoms with E-state index >= 15 is 0 Å². The second kappa shape index (κ2) is 8.41. The van der Waals surface area contributed by atoms with E-state index in [-0.39, 0.29) is 22.3 Å². The standard InChI is InChI=1S/C34H25NO5/c1-35(2)22-18-16-20(17-19-22)27-33(28(36)23-12-6-7-13-24(23)29(33)37)32(21-10-4-3-5-11-21)40-34(27)30(38)25-14-8-9-15-26(25)31(34)39/h3-19,27,32H,1-2H3. The van der Waals surface area contributed by atoms with Crippen LogP contribution in [0.3, 0.4) is 0 Å². The van der Waals surface area contributed by atoms with Gasteiger partial charge in [-0.15, -0.1) is 0 Å². The molecular formula is C34H25NO5. The Balaban J connectivity index is 1.57. The van der Waals surface area contributed by atoms with Crippen LogP contribution < -0.4 is 4.90 Å². The second-order valence-electron chi connectivity index (χ2n) is 10.8. The predicted octanol–water partition coefficient (Wildman–Crippen LogP) is 5.49. The highest BCUT2D eigenvalue weighted by atomic mass is 16.5. The number of hydrogen-bond donors (Lipinski definition) is 0. The Labute approximate surface area is 231 Å². The lowest BCUT2D eigenvalue weighted by Gasteiger charge is -2.35. The quantitative estimate of drug-likeness (QED) is 0.328. The topological polar surface area (TPSA) is 80.8 Å². The van der Waals surface area contributed by atoms with Gasteiger partial charge >= 0.3 is 0 Å². The third kappa shape index (κ3) is 2.86. The average Bonchev–Trinajstić information content (AvgIpc) is 3.52. The first kappa shape index (κ1) is 24.4. The SMILES string of the molecule is CN(C)c1ccc(C2C3(OC(c4ccccc4)C24C(=O)c2ccccc2C4=O)C(=O)c2ccccc2C3=O)cc1. The molecule has 6 nitrogen and oxygen atoms in total. The van der Waals surface area contributed by atoms with Gasteiger partial charge in [-0.2, -0.15) is 0 Å². The number of hydrogen-bond acceptors (Lipinski definition) is 6. The minimum Gasteiger partial charge on any atom is -0.378 e. The molecule has 2 unspecified atom stereocenters. The number of fused-ring (bicyclic) bond motifs is 2. The Morgan fingerprint density at radius 1 is 0.550 bits per heavy atom. The van der Waals surface area contributed by atoms with Gasteiger partial charge in [0.2, 0.25) is 17.2 Å². The van der Waals surface area contributed by atoms with Gasteiger partial charge in [-0.25, -0.2) is 0 Å². The highest BCUT2D eigenvalue weighted by molar-refractivity contribution is 6.37. The van der Waals surface area contributed by atoms with Crippen LogP contribution in [0.15, 0.2) is 103 Å². The molecule has 4 aromatic carbocycles. The number of carbonyl (C=O) groups excluding carboxylic acids is 4. The van der Waals surface area contributed by atoms with Crippen molar-refractivity contribution < 1.29 is 23.9 Å². The fourth-order valence-corrected chi connectivity index (χ4v) is 6.92. The van der Waals surface area contributed by atoms with Crippen molar-refractivity contribution in [3.8, 4) is 0 Å². The number of ketones is 4. The molecule has 0 amide bonds. The van der Waals surface area contributed by atoms with Crippen LogP contribution in [0.1, 0.15) is 64.6 Å². The highest BCUT2D eigenvalue weighted by Crippen LogP contribution is 2.67. The van der Waals surface area contributed by atoms with E-state index in [9.17, 15) is 19.2 Å². The van der Waals surface area contributed by atoms with Crippen LogP contribution in [0.4, 0.5) is 5.69 Å². The number of anilines is 1. The second-order valence-corrected chi connectivity index (χ2v) is 10.8. The monoisotopic (exact) mass is 527 g/mol. The predicted molar refractivity (Wildman–Crippen MR) is 149 cm³/mol. The molecule has 1 heterocycles. The number of ether oxygens (including phenoxy) is 1. The molecule has 2 aliphatic carbocycles. The van der Waals surface area contributed by atoms with E-state index in [4.69, 9.17) is 4.74 Å². The lowest BCUT2D eigenvalue weighted by Crippen LogP contribution is -2.51. The molecule has 40 heavy (non-hydrogen) atoms. The maximum Gasteiger partial charge on any atom is 0.204 e. The zero-order valence-corrected chi connectivity index (χ0v) is 22.0. The van der Waals surface area contributed by atoms with E-state index in [1.165, 1.54) is 0 Å². The van der Waals surface area contributed by atoms with Crippen LogP contribution in [0, 0.1) is 5.41 Å². The molecule has 2 atom stereocenters. The first-order valence-corrected chi connectivity index (χ1v) is 13.2. The minimum atomic E-state index is -2.09. The largest absolute Gasteiger partial charge is 0.378 e. The van der Waals surface area contributed by atoms with Gasteiger partial charge in [0, 0.05) is 42.0 Å². The molecule has 1 saturated heterocycles. The lowest BCUT2D eigenvalue weighted by molar-refractivity contribution is -0.0210. The van der Waals surface area contributed by atoms with Crippen LogP contribution in [0.2, 0.25) is 0 Å². The third-order valence-corrected chi connectivity index (χ3v) is 8.68. The summed E-state index contributed by atoms with van der Waals surface area (Å²) in [5.74, 6) is -3.11. The molecule has 0 bridgehead atoms. The molecule has 4 aromatic rings. The van der Waals surface area contributed by atoms with Crippen LogP contribution in [0.5, 0.6) is 0 Å². The lowest BCUT2D eigenvalue weighted by atomic mass is 9.60. The number of nitrogens with zero attached hydrogens (tertiary/aromatic N) is 1. The number of Topliss-reactive ketones (excluding diaryl/α,β-unsaturated/α-hetero) is 4. The average molecular weight is 528 g/mol. The summed E-state index contributed by atoms with van der Waals surface area (Å²) in [6, 6.07) is 29.6. The summed E-state index contributed by atoms with van der Waals surface area (Å²) in [7, 11) is 3.81. The zero-order valence-electron chi connectivity index (χ0n) is 22.0. The molecule has 0 aromatic heterocycles. The maximum atomic E-state index is 14.7. The number of rotatable bonds is 3. The number of carbonyl (C=O) groups is 4. The molecule has 0 N–H and O–H groups in total. The summed E-state index contributed by atoms with van der Waals surface area (Å²) >= 11 is 0. The number of benzene rings is 4. The molecule has 6 heteroatoms. The smallest absolute Gasteiger partial charge is 0.204 e. The van der Waals surface area contributed by atoms with Crippen molar-refractivity contribution >= 4 is 28.8 Å². The summed E-state index contributed by atoms with van der Waals surface area (Å²) < 4.78 is 6.71. The van der Waals surface area contributed by atoms with Gasteiger partial charge in [-0.1, -0.05) is 91.0 Å². The summed E-state index contributed by atoms with van der Waals surface area (Å²) in [5, 5.41) is 0. The van der Waals surface area contributed by atoms with Crippen LogP contribution in [-0.2, 0) is 4.74 Å². The Morgan fingerprint density at radius 2 is 1.00 bits per heavy atom. The van der Waals surface area contributed by atoms with Gasteiger partial charge in [-0.05, 0) is 23.3 Å². The van der Waals surface area contributed by atoms with E-state index in [0.717, 1.165) is 5.69 Å². The van der Waals surface area contributed by atoms with Crippen molar-refractivity contribution in [1.82, 2.24) is 0 Å². The van der Waals surface area contributed by atoms with E-state index in [1.54, 1.807) is 84.9 Å². The molecule has 0 saturated carbocycles. The van der Waals surface area contributed by atoms with Gasteiger partial charge in [-0.3, -0.25) is 19.2 Å². The van der Waals surface area contributed by atoms with Crippen molar-refractivity contribution in [3.63, 3.8) is 0 Å². The zero-order chi connectivity index (χ0) is 27.8. The van der Waals surface area contributed by atoms with E-state index < -0.39 is 46.2 Å². The summed E-state index contributed by atoms with van der Waals surface area (Å²) in [5.41, 5.74) is -0.949. The van der Waals surface area contributed by atoms with Gasteiger partial charge in [0.05, 0.1) is 5.92 Å². The molecular weight excluding hydrogens is 502 g/mol. The highest BCUT2D eigenvalue weighted by Gasteiger charge is 2.79. The molecule has 0 radical (unpaired) electrons. The Hall–Kier alpha value is -4.68. The van der Waals surface area contributed by atoms with Crippen LogP contribution in [-0.4, -0.2) is 42.8 Å².